The first-order chi connectivity index (χ1) is 12.8. The summed E-state index contributed by atoms with van der Waals surface area (Å²) in [6.07, 6.45) is 0. The van der Waals surface area contributed by atoms with E-state index in [1.54, 1.807) is 0 Å². The summed E-state index contributed by atoms with van der Waals surface area (Å²) in [6.45, 7) is -1.20. The quantitative estimate of drug-likeness (QED) is 0.577. The van der Waals surface area contributed by atoms with Gasteiger partial charge in [0.1, 0.15) is 5.82 Å². The van der Waals surface area contributed by atoms with Gasteiger partial charge in [0, 0.05) is 5.69 Å². The summed E-state index contributed by atoms with van der Waals surface area (Å²) in [7, 11) is 0. The number of carbonyl (C=O) groups excluding carboxylic acids is 3. The number of anilines is 1. The van der Waals surface area contributed by atoms with Crippen LogP contribution in [0.5, 0.6) is 0 Å². The lowest BCUT2D eigenvalue weighted by molar-refractivity contribution is -0.126. The van der Waals surface area contributed by atoms with Crippen LogP contribution in [0.2, 0.25) is 5.02 Å². The van der Waals surface area contributed by atoms with Crippen molar-refractivity contribution in [2.24, 2.45) is 0 Å². The van der Waals surface area contributed by atoms with Gasteiger partial charge in [0.2, 0.25) is 5.91 Å². The number of halogens is 4. The van der Waals surface area contributed by atoms with Crippen molar-refractivity contribution < 1.29 is 32.3 Å². The second-order valence-corrected chi connectivity index (χ2v) is 5.56. The zero-order valence-corrected chi connectivity index (χ0v) is 14.3. The van der Waals surface area contributed by atoms with Crippen molar-refractivity contribution in [1.82, 2.24) is 5.32 Å². The van der Waals surface area contributed by atoms with Gasteiger partial charge >= 0.3 is 5.97 Å². The Morgan fingerprint density at radius 2 is 1.59 bits per heavy atom. The molecule has 0 spiro atoms. The van der Waals surface area contributed by atoms with Crippen LogP contribution in [-0.2, 0) is 14.3 Å². The third kappa shape index (κ3) is 6.00. The molecule has 0 fully saturated rings. The molecule has 142 valence electrons. The Kier molecular flexibility index (Phi) is 6.78. The Morgan fingerprint density at radius 3 is 2.26 bits per heavy atom. The lowest BCUT2D eigenvalue weighted by atomic mass is 10.2. The lowest BCUT2D eigenvalue weighted by Gasteiger charge is -2.08. The molecule has 0 atom stereocenters. The van der Waals surface area contributed by atoms with E-state index in [0.29, 0.717) is 17.8 Å². The summed E-state index contributed by atoms with van der Waals surface area (Å²) < 4.78 is 43.5. The van der Waals surface area contributed by atoms with E-state index in [1.165, 1.54) is 12.1 Å². The van der Waals surface area contributed by atoms with Gasteiger partial charge in [0.15, 0.2) is 18.2 Å². The van der Waals surface area contributed by atoms with E-state index in [4.69, 9.17) is 11.6 Å². The largest absolute Gasteiger partial charge is 0.452 e. The molecule has 27 heavy (non-hydrogen) atoms. The molecule has 0 saturated carbocycles. The van der Waals surface area contributed by atoms with Gasteiger partial charge in [-0.05, 0) is 36.4 Å². The van der Waals surface area contributed by atoms with Crippen molar-refractivity contribution in [2.45, 2.75) is 0 Å². The van der Waals surface area contributed by atoms with Gasteiger partial charge in [-0.1, -0.05) is 11.6 Å². The minimum atomic E-state index is -1.30. The fraction of sp³-hybridized carbons (Fsp3) is 0.118. The van der Waals surface area contributed by atoms with Gasteiger partial charge in [0.25, 0.3) is 5.91 Å². The highest BCUT2D eigenvalue weighted by atomic mass is 35.5. The number of ether oxygens (including phenoxy) is 1. The molecule has 2 aromatic rings. The molecule has 2 N–H and O–H groups in total. The molecule has 6 nitrogen and oxygen atoms in total. The molecule has 0 aromatic heterocycles. The molecule has 0 aliphatic carbocycles. The highest BCUT2D eigenvalue weighted by Crippen LogP contribution is 2.20. The fourth-order valence-corrected chi connectivity index (χ4v) is 2.08. The number of esters is 1. The Morgan fingerprint density at radius 1 is 0.963 bits per heavy atom. The first-order valence-corrected chi connectivity index (χ1v) is 7.78. The molecular formula is C17H12ClF3N2O4. The Hall–Kier alpha value is -3.07. The predicted molar refractivity (Wildman–Crippen MR) is 89.7 cm³/mol. The van der Waals surface area contributed by atoms with E-state index in [-0.39, 0.29) is 5.02 Å². The second-order valence-electron chi connectivity index (χ2n) is 5.15. The van der Waals surface area contributed by atoms with Crippen LogP contribution in [0.4, 0.5) is 18.9 Å². The normalized spacial score (nSPS) is 10.2. The standard InChI is InChI=1S/C17H12ClF3N2O4/c18-12-6-14(21)13(20)5-11(12)17(26)27-8-16(25)22-7-15(24)23-10-3-1-9(19)2-4-10/h1-6H,7-8H2,(H,22,25)(H,23,24). The van der Waals surface area contributed by atoms with E-state index in [2.05, 4.69) is 15.4 Å². The van der Waals surface area contributed by atoms with Crippen molar-refractivity contribution in [3.63, 3.8) is 0 Å². The molecule has 2 rings (SSSR count). The Labute approximate surface area is 156 Å². The van der Waals surface area contributed by atoms with Crippen molar-refractivity contribution in [2.75, 3.05) is 18.5 Å². The Balaban J connectivity index is 1.79. The number of nitrogens with one attached hydrogen (secondary N) is 2. The molecular weight excluding hydrogens is 389 g/mol. The predicted octanol–water partition coefficient (Wildman–Crippen LogP) is 2.67. The zero-order chi connectivity index (χ0) is 20.0. The van der Waals surface area contributed by atoms with Crippen molar-refractivity contribution in [3.8, 4) is 0 Å². The highest BCUT2D eigenvalue weighted by molar-refractivity contribution is 6.33. The van der Waals surface area contributed by atoms with E-state index in [9.17, 15) is 27.6 Å². The molecule has 2 aromatic carbocycles. The number of hydrogen-bond acceptors (Lipinski definition) is 4. The molecule has 0 unspecified atom stereocenters. The van der Waals surface area contributed by atoms with Crippen molar-refractivity contribution >= 4 is 35.1 Å². The van der Waals surface area contributed by atoms with Crippen LogP contribution in [0.15, 0.2) is 36.4 Å². The summed E-state index contributed by atoms with van der Waals surface area (Å²) >= 11 is 5.62. The van der Waals surface area contributed by atoms with Gasteiger partial charge in [0.05, 0.1) is 17.1 Å². The molecule has 0 heterocycles. The third-order valence-corrected chi connectivity index (χ3v) is 3.45. The molecule has 0 aliphatic rings. The lowest BCUT2D eigenvalue weighted by Crippen LogP contribution is -2.35. The first-order valence-electron chi connectivity index (χ1n) is 7.40. The summed E-state index contributed by atoms with van der Waals surface area (Å²) in [5.74, 6) is -5.54. The maximum absolute atomic E-state index is 13.1. The summed E-state index contributed by atoms with van der Waals surface area (Å²) in [5, 5.41) is 4.22. The molecule has 0 saturated heterocycles. The van der Waals surface area contributed by atoms with Crippen LogP contribution in [0, 0.1) is 17.5 Å². The van der Waals surface area contributed by atoms with E-state index < -0.39 is 54.0 Å². The maximum atomic E-state index is 13.1. The number of rotatable bonds is 6. The van der Waals surface area contributed by atoms with Crippen LogP contribution >= 0.6 is 11.6 Å². The van der Waals surface area contributed by atoms with Gasteiger partial charge < -0.3 is 15.4 Å². The molecule has 0 aliphatic heterocycles. The van der Waals surface area contributed by atoms with Gasteiger partial charge in [-0.25, -0.2) is 18.0 Å². The number of benzene rings is 2. The average molecular weight is 401 g/mol. The number of amides is 2. The number of hydrogen-bond donors (Lipinski definition) is 2. The van der Waals surface area contributed by atoms with E-state index >= 15 is 0 Å². The Bertz CT molecular complexity index is 875. The third-order valence-electron chi connectivity index (χ3n) is 3.14. The first kappa shape index (κ1) is 20.2. The number of carbonyl (C=O) groups is 3. The minimum Gasteiger partial charge on any atom is -0.452 e. The highest BCUT2D eigenvalue weighted by Gasteiger charge is 2.17. The van der Waals surface area contributed by atoms with Crippen LogP contribution in [-0.4, -0.2) is 30.9 Å². The summed E-state index contributed by atoms with van der Waals surface area (Å²) in [5.41, 5.74) is -0.118. The second kappa shape index (κ2) is 9.04. The van der Waals surface area contributed by atoms with Crippen LogP contribution < -0.4 is 10.6 Å². The van der Waals surface area contributed by atoms with Gasteiger partial charge in [-0.15, -0.1) is 0 Å². The molecule has 0 radical (unpaired) electrons. The minimum absolute atomic E-state index is 0.329. The maximum Gasteiger partial charge on any atom is 0.340 e. The van der Waals surface area contributed by atoms with Crippen LogP contribution in [0.3, 0.4) is 0 Å². The molecule has 0 bridgehead atoms. The van der Waals surface area contributed by atoms with Crippen molar-refractivity contribution in [1.29, 1.82) is 0 Å². The average Bonchev–Trinajstić information content (AvgIpc) is 2.63. The van der Waals surface area contributed by atoms with E-state index in [1.807, 2.05) is 0 Å². The summed E-state index contributed by atoms with van der Waals surface area (Å²) in [6, 6.07) is 6.13. The molecule has 2 amide bonds. The SMILES string of the molecule is O=C(COC(=O)c1cc(F)c(F)cc1Cl)NCC(=O)Nc1ccc(F)cc1. The van der Waals surface area contributed by atoms with Crippen LogP contribution in [0.1, 0.15) is 10.4 Å². The molecule has 10 heteroatoms. The van der Waals surface area contributed by atoms with Crippen LogP contribution in [0.25, 0.3) is 0 Å². The smallest absolute Gasteiger partial charge is 0.340 e. The van der Waals surface area contributed by atoms with E-state index in [0.717, 1.165) is 12.1 Å². The fourth-order valence-electron chi connectivity index (χ4n) is 1.86. The van der Waals surface area contributed by atoms with Crippen molar-refractivity contribution in [3.05, 3.63) is 64.4 Å². The topological polar surface area (TPSA) is 84.5 Å². The monoisotopic (exact) mass is 400 g/mol. The van der Waals surface area contributed by atoms with Gasteiger partial charge in [-0.2, -0.15) is 0 Å². The summed E-state index contributed by atoms with van der Waals surface area (Å²) in [4.78, 5) is 35.0. The zero-order valence-electron chi connectivity index (χ0n) is 13.5. The van der Waals surface area contributed by atoms with Gasteiger partial charge in [-0.3, -0.25) is 9.59 Å².